The lowest BCUT2D eigenvalue weighted by Crippen LogP contribution is -2.63. The molecule has 0 radical (unpaired) electrons. The summed E-state index contributed by atoms with van der Waals surface area (Å²) in [4.78, 5) is 11.5. The van der Waals surface area contributed by atoms with Crippen LogP contribution < -0.4 is 11.1 Å². The number of rotatable bonds is 6. The van der Waals surface area contributed by atoms with E-state index in [1.165, 1.54) is 57.8 Å². The lowest BCUT2D eigenvalue weighted by Gasteiger charge is -2.67. The largest absolute Gasteiger partial charge is 0.393 e. The van der Waals surface area contributed by atoms with Gasteiger partial charge in [0.2, 0.25) is 5.91 Å². The molecule has 4 aliphatic carbocycles. The molecule has 0 aromatic heterocycles. The molecule has 4 heteroatoms. The Morgan fingerprint density at radius 1 is 1.10 bits per heavy atom. The van der Waals surface area contributed by atoms with E-state index in [-0.39, 0.29) is 18.7 Å². The maximum atomic E-state index is 11.5. The number of nitrogens with two attached hydrogens (primary N) is 1. The summed E-state index contributed by atoms with van der Waals surface area (Å²) in [5.74, 6) is 2.55. The molecule has 0 aromatic carbocycles. The number of aliphatic hydroxyl groups excluding tert-OH is 1. The predicted molar refractivity (Wildman–Crippen MR) is 126 cm³/mol. The highest BCUT2D eigenvalue weighted by Gasteiger charge is 2.66. The van der Waals surface area contributed by atoms with Gasteiger partial charge in [-0.15, -0.1) is 0 Å². The average Bonchev–Trinajstić information content (AvgIpc) is 3.05. The number of unbranched alkanes of at least 4 members (excludes halogenated alkanes) is 1. The van der Waals surface area contributed by atoms with E-state index >= 15 is 0 Å². The van der Waals surface area contributed by atoms with Gasteiger partial charge in [-0.05, 0) is 110 Å². The monoisotopic (exact) mass is 430 g/mol. The smallest absolute Gasteiger partial charge is 0.244 e. The van der Waals surface area contributed by atoms with E-state index in [1.54, 1.807) is 6.08 Å². The van der Waals surface area contributed by atoms with Crippen molar-refractivity contribution in [3.05, 3.63) is 12.2 Å². The molecule has 4 nitrogen and oxygen atoms in total. The van der Waals surface area contributed by atoms with Crippen LogP contribution in [0.5, 0.6) is 0 Å². The highest BCUT2D eigenvalue weighted by molar-refractivity contribution is 5.87. The third-order valence-electron chi connectivity index (χ3n) is 11.1. The molecule has 4 rings (SSSR count). The van der Waals surface area contributed by atoms with E-state index in [1.807, 2.05) is 6.08 Å². The van der Waals surface area contributed by atoms with Gasteiger partial charge in [0.1, 0.15) is 0 Å². The number of hydrogen-bond donors (Lipinski definition) is 3. The Morgan fingerprint density at radius 2 is 1.90 bits per heavy atom. The van der Waals surface area contributed by atoms with E-state index in [2.05, 4.69) is 26.1 Å². The van der Waals surface area contributed by atoms with Gasteiger partial charge in [0.25, 0.3) is 0 Å². The van der Waals surface area contributed by atoms with Crippen LogP contribution in [0, 0.1) is 39.9 Å². The second-order valence-corrected chi connectivity index (χ2v) is 12.1. The summed E-state index contributed by atoms with van der Waals surface area (Å²) in [6.07, 6.45) is 18.6. The molecule has 31 heavy (non-hydrogen) atoms. The summed E-state index contributed by atoms with van der Waals surface area (Å²) in [6.45, 7) is 7.92. The summed E-state index contributed by atoms with van der Waals surface area (Å²) in [7, 11) is 0. The predicted octanol–water partition coefficient (Wildman–Crippen LogP) is 5.16. The Kier molecular flexibility index (Phi) is 6.63. The van der Waals surface area contributed by atoms with E-state index in [9.17, 15) is 9.90 Å². The van der Waals surface area contributed by atoms with Gasteiger partial charge in [0.15, 0.2) is 0 Å². The van der Waals surface area contributed by atoms with Crippen molar-refractivity contribution < 1.29 is 9.90 Å². The van der Waals surface area contributed by atoms with Gasteiger partial charge in [-0.2, -0.15) is 0 Å². The molecular weight excluding hydrogens is 384 g/mol. The first-order chi connectivity index (χ1) is 14.8. The molecule has 8 unspecified atom stereocenters. The highest BCUT2D eigenvalue weighted by Crippen LogP contribution is 2.72. The first-order valence-corrected chi connectivity index (χ1v) is 13.1. The quantitative estimate of drug-likeness (QED) is 0.310. The van der Waals surface area contributed by atoms with Crippen molar-refractivity contribution in [3.8, 4) is 0 Å². The van der Waals surface area contributed by atoms with Crippen LogP contribution in [-0.2, 0) is 4.79 Å². The Bertz CT molecular complexity index is 693. The van der Waals surface area contributed by atoms with Gasteiger partial charge >= 0.3 is 0 Å². The van der Waals surface area contributed by atoms with Gasteiger partial charge in [-0.1, -0.05) is 39.7 Å². The highest BCUT2D eigenvalue weighted by atomic mass is 16.3. The lowest BCUT2D eigenvalue weighted by atomic mass is 9.38. The molecule has 0 saturated heterocycles. The van der Waals surface area contributed by atoms with Gasteiger partial charge in [0, 0.05) is 0 Å². The van der Waals surface area contributed by atoms with Crippen LogP contribution in [0.3, 0.4) is 0 Å². The molecule has 0 spiro atoms. The zero-order valence-corrected chi connectivity index (χ0v) is 20.2. The Labute approximate surface area is 189 Å². The van der Waals surface area contributed by atoms with Crippen LogP contribution >= 0.6 is 0 Å². The maximum absolute atomic E-state index is 11.5. The molecule has 0 aromatic rings. The molecule has 176 valence electrons. The second kappa shape index (κ2) is 8.82. The van der Waals surface area contributed by atoms with E-state index in [4.69, 9.17) is 5.73 Å². The van der Waals surface area contributed by atoms with Crippen molar-refractivity contribution in [1.29, 1.82) is 0 Å². The minimum Gasteiger partial charge on any atom is -0.393 e. The van der Waals surface area contributed by atoms with Gasteiger partial charge in [-0.3, -0.25) is 4.79 Å². The summed E-state index contributed by atoms with van der Waals surface area (Å²) in [5.41, 5.74) is 6.44. The van der Waals surface area contributed by atoms with Crippen molar-refractivity contribution in [2.24, 2.45) is 45.7 Å². The van der Waals surface area contributed by atoms with Gasteiger partial charge in [0.05, 0.1) is 12.8 Å². The molecule has 4 saturated carbocycles. The van der Waals surface area contributed by atoms with E-state index in [0.29, 0.717) is 28.1 Å². The molecule has 0 aliphatic heterocycles. The molecule has 4 fully saturated rings. The summed E-state index contributed by atoms with van der Waals surface area (Å²) in [5, 5.41) is 14.1. The standard InChI is InChI=1S/C27H46N2O2/c1-25-15-16-27(3)24(22(30)17-20-10-7-8-14-26(20,27)2)21(25)13-12-19(25)9-5-4-6-11-23(31)29-18-28/h6,11,19-22,24,30H,4-5,7-10,12-18,28H2,1-3H3,(H,29,31)/b11-6+. The number of amides is 1. The van der Waals surface area contributed by atoms with Crippen LogP contribution in [-0.4, -0.2) is 23.8 Å². The fourth-order valence-corrected chi connectivity index (χ4v) is 9.10. The number of nitrogens with one attached hydrogen (secondary N) is 1. The Balaban J connectivity index is 1.43. The fourth-order valence-electron chi connectivity index (χ4n) is 9.10. The molecule has 4 N–H and O–H groups in total. The topological polar surface area (TPSA) is 75.3 Å². The number of carbonyl (C=O) groups is 1. The molecule has 0 heterocycles. The number of carbonyl (C=O) groups excluding carboxylic acids is 1. The first kappa shape index (κ1) is 23.3. The Hall–Kier alpha value is -0.870. The molecule has 4 aliphatic rings. The van der Waals surface area contributed by atoms with Gasteiger partial charge < -0.3 is 16.2 Å². The molecule has 1 amide bonds. The lowest BCUT2D eigenvalue weighted by molar-refractivity contribution is -0.215. The minimum atomic E-state index is -0.103. The zero-order chi connectivity index (χ0) is 22.3. The Morgan fingerprint density at radius 3 is 2.68 bits per heavy atom. The zero-order valence-electron chi connectivity index (χ0n) is 20.2. The SMILES string of the molecule is CC12CCC3(C)C(C(O)CC4CCCCC43C)C1CCC2CCC/C=C/C(=O)NCN. The van der Waals surface area contributed by atoms with Crippen LogP contribution in [0.2, 0.25) is 0 Å². The third-order valence-corrected chi connectivity index (χ3v) is 11.1. The minimum absolute atomic E-state index is 0.0947. The third kappa shape index (κ3) is 3.80. The fraction of sp³-hybridized carbons (Fsp3) is 0.889. The van der Waals surface area contributed by atoms with Gasteiger partial charge in [-0.25, -0.2) is 0 Å². The average molecular weight is 431 g/mol. The molecule has 8 atom stereocenters. The van der Waals surface area contributed by atoms with Crippen molar-refractivity contribution in [2.45, 2.75) is 104 Å². The van der Waals surface area contributed by atoms with Crippen molar-refractivity contribution in [2.75, 3.05) is 6.67 Å². The number of fused-ring (bicyclic) bond motifs is 5. The second-order valence-electron chi connectivity index (χ2n) is 12.1. The summed E-state index contributed by atoms with van der Waals surface area (Å²) >= 11 is 0. The van der Waals surface area contributed by atoms with Crippen LogP contribution in [0.15, 0.2) is 12.2 Å². The number of aliphatic hydroxyl groups is 1. The number of hydrogen-bond acceptors (Lipinski definition) is 3. The van der Waals surface area contributed by atoms with Crippen LogP contribution in [0.4, 0.5) is 0 Å². The first-order valence-electron chi connectivity index (χ1n) is 13.1. The summed E-state index contributed by atoms with van der Waals surface area (Å²) in [6, 6.07) is 0. The van der Waals surface area contributed by atoms with Crippen LogP contribution in [0.25, 0.3) is 0 Å². The summed E-state index contributed by atoms with van der Waals surface area (Å²) < 4.78 is 0. The van der Waals surface area contributed by atoms with Crippen molar-refractivity contribution >= 4 is 5.91 Å². The molecule has 0 bridgehead atoms. The van der Waals surface area contributed by atoms with E-state index < -0.39 is 0 Å². The van der Waals surface area contributed by atoms with Crippen molar-refractivity contribution in [3.63, 3.8) is 0 Å². The van der Waals surface area contributed by atoms with E-state index in [0.717, 1.165) is 31.1 Å². The maximum Gasteiger partial charge on any atom is 0.244 e. The number of allylic oxidation sites excluding steroid dienone is 1. The van der Waals surface area contributed by atoms with Crippen LogP contribution in [0.1, 0.15) is 97.8 Å². The van der Waals surface area contributed by atoms with Crippen molar-refractivity contribution in [1.82, 2.24) is 5.32 Å². The normalized spacial score (nSPS) is 46.9. The molecular formula is C27H46N2O2.